The number of β-amino-alcohol motifs (C(OH)–C–C–N with tert-alkyl or cyclic N) is 1. The minimum absolute atomic E-state index is 0.235. The average Bonchev–Trinajstić information content (AvgIpc) is 3.19. The second kappa shape index (κ2) is 5.52. The van der Waals surface area contributed by atoms with Crippen molar-refractivity contribution in [3.63, 3.8) is 0 Å². The Bertz CT molecular complexity index is 641. The summed E-state index contributed by atoms with van der Waals surface area (Å²) < 4.78 is 0. The van der Waals surface area contributed by atoms with E-state index in [-0.39, 0.29) is 6.10 Å². The molecule has 0 amide bonds. The summed E-state index contributed by atoms with van der Waals surface area (Å²) in [4.78, 5) is 2.48. The van der Waals surface area contributed by atoms with E-state index in [4.69, 9.17) is 0 Å². The van der Waals surface area contributed by atoms with E-state index >= 15 is 0 Å². The number of hydrogen-bond acceptors (Lipinski definition) is 3. The number of aromatic amines is 1. The summed E-state index contributed by atoms with van der Waals surface area (Å²) >= 11 is 0. The highest BCUT2D eigenvalue weighted by Crippen LogP contribution is 2.30. The lowest BCUT2D eigenvalue weighted by Crippen LogP contribution is -2.34. The number of nitrogens with zero attached hydrogens (tertiary/aromatic N) is 2. The predicted octanol–water partition coefficient (Wildman–Crippen LogP) is 1.72. The van der Waals surface area contributed by atoms with Crippen LogP contribution in [0.4, 0.5) is 0 Å². The molecule has 1 aromatic heterocycles. The fourth-order valence-corrected chi connectivity index (χ4v) is 4.03. The van der Waals surface area contributed by atoms with Gasteiger partial charge in [-0.2, -0.15) is 5.10 Å². The molecule has 0 saturated carbocycles. The lowest BCUT2D eigenvalue weighted by atomic mass is 10.00. The van der Waals surface area contributed by atoms with Crippen molar-refractivity contribution in [3.05, 3.63) is 52.8 Å². The maximum absolute atomic E-state index is 10.4. The molecule has 0 bridgehead atoms. The zero-order chi connectivity index (χ0) is 15.1. The van der Waals surface area contributed by atoms with Gasteiger partial charge in [-0.05, 0) is 43.4 Å². The summed E-state index contributed by atoms with van der Waals surface area (Å²) in [7, 11) is 0. The van der Waals surface area contributed by atoms with Gasteiger partial charge >= 0.3 is 0 Å². The van der Waals surface area contributed by atoms with Gasteiger partial charge in [0.2, 0.25) is 0 Å². The van der Waals surface area contributed by atoms with Gasteiger partial charge in [0.25, 0.3) is 0 Å². The molecule has 2 aliphatic rings. The smallest absolute Gasteiger partial charge is 0.0711 e. The molecule has 1 saturated heterocycles. The highest BCUT2D eigenvalue weighted by atomic mass is 16.3. The van der Waals surface area contributed by atoms with Gasteiger partial charge in [0, 0.05) is 30.7 Å². The molecule has 1 aliphatic carbocycles. The topological polar surface area (TPSA) is 52.1 Å². The monoisotopic (exact) mass is 297 g/mol. The van der Waals surface area contributed by atoms with Gasteiger partial charge in [0.05, 0.1) is 11.8 Å². The van der Waals surface area contributed by atoms with Crippen molar-refractivity contribution in [3.8, 4) is 0 Å². The first-order chi connectivity index (χ1) is 10.7. The number of aryl methyl sites for hydroxylation is 1. The Labute approximate surface area is 131 Å². The minimum Gasteiger partial charge on any atom is -0.391 e. The van der Waals surface area contributed by atoms with Crippen molar-refractivity contribution in [1.29, 1.82) is 0 Å². The molecule has 1 fully saturated rings. The number of aromatic nitrogens is 2. The highest BCUT2D eigenvalue weighted by Gasteiger charge is 2.37. The number of aliphatic hydroxyl groups is 1. The van der Waals surface area contributed by atoms with E-state index in [1.165, 1.54) is 11.1 Å². The molecular weight excluding hydrogens is 274 g/mol. The largest absolute Gasteiger partial charge is 0.391 e. The normalized spacial score (nSPS) is 25.7. The Morgan fingerprint density at radius 3 is 2.59 bits per heavy atom. The molecule has 2 aromatic rings. The van der Waals surface area contributed by atoms with Crippen LogP contribution in [-0.2, 0) is 19.3 Å². The summed E-state index contributed by atoms with van der Waals surface area (Å²) in [6.45, 7) is 3.79. The van der Waals surface area contributed by atoms with Gasteiger partial charge in [-0.25, -0.2) is 0 Å². The number of likely N-dealkylation sites (tertiary alicyclic amines) is 1. The molecule has 4 heteroatoms. The predicted molar refractivity (Wildman–Crippen MR) is 85.7 cm³/mol. The first-order valence-corrected chi connectivity index (χ1v) is 8.19. The molecule has 0 radical (unpaired) electrons. The SMILES string of the molecule is Cc1cc(C[C@@H]2CN(C3Cc4ccccc4C3)C[C@@H]2O)n[nH]1. The molecule has 0 unspecified atom stereocenters. The maximum Gasteiger partial charge on any atom is 0.0711 e. The Balaban J connectivity index is 1.41. The van der Waals surface area contributed by atoms with Crippen molar-refractivity contribution < 1.29 is 5.11 Å². The van der Waals surface area contributed by atoms with Crippen molar-refractivity contribution in [2.75, 3.05) is 13.1 Å². The van der Waals surface area contributed by atoms with Crippen LogP contribution in [0.25, 0.3) is 0 Å². The summed E-state index contributed by atoms with van der Waals surface area (Å²) in [5, 5.41) is 17.7. The van der Waals surface area contributed by atoms with Gasteiger partial charge in [-0.3, -0.25) is 10.00 Å². The molecular formula is C18H23N3O. The van der Waals surface area contributed by atoms with E-state index in [1.54, 1.807) is 0 Å². The Kier molecular flexibility index (Phi) is 3.51. The average molecular weight is 297 g/mol. The first-order valence-electron chi connectivity index (χ1n) is 8.19. The van der Waals surface area contributed by atoms with E-state index in [0.717, 1.165) is 43.7 Å². The Hall–Kier alpha value is -1.65. The molecule has 2 N–H and O–H groups in total. The molecule has 1 aliphatic heterocycles. The third-order valence-electron chi connectivity index (χ3n) is 5.21. The van der Waals surface area contributed by atoms with Crippen molar-refractivity contribution in [2.45, 2.75) is 38.3 Å². The number of H-pyrrole nitrogens is 1. The number of fused-ring (bicyclic) bond motifs is 1. The quantitative estimate of drug-likeness (QED) is 0.907. The zero-order valence-corrected chi connectivity index (χ0v) is 13.0. The van der Waals surface area contributed by atoms with Crippen LogP contribution in [0, 0.1) is 12.8 Å². The van der Waals surface area contributed by atoms with Crippen LogP contribution >= 0.6 is 0 Å². The standard InChI is InChI=1S/C18H23N3O/c1-12-6-16(20-19-12)7-15-10-21(11-18(15)22)17-8-13-4-2-3-5-14(13)9-17/h2-6,15,17-18,22H,7-11H2,1H3,(H,19,20)/t15-,18+/m1/s1. The second-order valence-electron chi connectivity index (χ2n) is 6.86. The number of benzene rings is 1. The van der Waals surface area contributed by atoms with Crippen LogP contribution < -0.4 is 0 Å². The number of nitrogens with one attached hydrogen (secondary N) is 1. The fourth-order valence-electron chi connectivity index (χ4n) is 4.03. The van der Waals surface area contributed by atoms with Crippen molar-refractivity contribution >= 4 is 0 Å². The van der Waals surface area contributed by atoms with Gasteiger partial charge < -0.3 is 5.11 Å². The van der Waals surface area contributed by atoms with E-state index < -0.39 is 0 Å². The van der Waals surface area contributed by atoms with Gasteiger partial charge in [0.15, 0.2) is 0 Å². The number of rotatable bonds is 3. The molecule has 116 valence electrons. The Morgan fingerprint density at radius 1 is 1.23 bits per heavy atom. The summed E-state index contributed by atoms with van der Waals surface area (Å²) in [5.74, 6) is 0.298. The van der Waals surface area contributed by atoms with Crippen LogP contribution in [0.3, 0.4) is 0 Å². The summed E-state index contributed by atoms with van der Waals surface area (Å²) in [5.41, 5.74) is 5.12. The lowest BCUT2D eigenvalue weighted by Gasteiger charge is -2.23. The van der Waals surface area contributed by atoms with Gasteiger partial charge in [0.1, 0.15) is 0 Å². The maximum atomic E-state index is 10.4. The molecule has 4 nitrogen and oxygen atoms in total. The number of aliphatic hydroxyl groups excluding tert-OH is 1. The third kappa shape index (κ3) is 2.57. The van der Waals surface area contributed by atoms with Crippen LogP contribution in [0.2, 0.25) is 0 Å². The highest BCUT2D eigenvalue weighted by molar-refractivity contribution is 5.33. The molecule has 2 atom stereocenters. The third-order valence-corrected chi connectivity index (χ3v) is 5.21. The van der Waals surface area contributed by atoms with Crippen LogP contribution in [0.5, 0.6) is 0 Å². The Morgan fingerprint density at radius 2 is 1.95 bits per heavy atom. The zero-order valence-electron chi connectivity index (χ0n) is 13.0. The van der Waals surface area contributed by atoms with Crippen molar-refractivity contribution in [1.82, 2.24) is 15.1 Å². The molecule has 22 heavy (non-hydrogen) atoms. The second-order valence-corrected chi connectivity index (χ2v) is 6.86. The molecule has 4 rings (SSSR count). The molecule has 2 heterocycles. The minimum atomic E-state index is -0.235. The van der Waals surface area contributed by atoms with Gasteiger partial charge in [-0.15, -0.1) is 0 Å². The summed E-state index contributed by atoms with van der Waals surface area (Å²) in [6.07, 6.45) is 2.87. The molecule has 0 spiro atoms. The lowest BCUT2D eigenvalue weighted by molar-refractivity contribution is 0.136. The summed E-state index contributed by atoms with van der Waals surface area (Å²) in [6, 6.07) is 11.4. The van der Waals surface area contributed by atoms with Crippen molar-refractivity contribution in [2.24, 2.45) is 5.92 Å². The fraction of sp³-hybridized carbons (Fsp3) is 0.500. The van der Waals surface area contributed by atoms with Crippen LogP contribution in [0.15, 0.2) is 30.3 Å². The molecule has 1 aromatic carbocycles. The first kappa shape index (κ1) is 14.0. The van der Waals surface area contributed by atoms with Crippen LogP contribution in [-0.4, -0.2) is 45.4 Å². The van der Waals surface area contributed by atoms with E-state index in [1.807, 2.05) is 6.92 Å². The van der Waals surface area contributed by atoms with Gasteiger partial charge in [-0.1, -0.05) is 24.3 Å². The van der Waals surface area contributed by atoms with Crippen LogP contribution in [0.1, 0.15) is 22.5 Å². The van der Waals surface area contributed by atoms with E-state index in [9.17, 15) is 5.11 Å². The van der Waals surface area contributed by atoms with E-state index in [2.05, 4.69) is 45.4 Å². The number of hydrogen-bond donors (Lipinski definition) is 2. The van der Waals surface area contributed by atoms with E-state index in [0.29, 0.717) is 12.0 Å².